The molecule has 19 heavy (non-hydrogen) atoms. The number of hydrogen-bond acceptors (Lipinski definition) is 6. The summed E-state index contributed by atoms with van der Waals surface area (Å²) in [4.78, 5) is 14.4. The molecule has 1 aliphatic carbocycles. The van der Waals surface area contributed by atoms with E-state index in [9.17, 15) is 10.1 Å². The van der Waals surface area contributed by atoms with Gasteiger partial charge in [0, 0.05) is 24.9 Å². The van der Waals surface area contributed by atoms with Gasteiger partial charge in [-0.2, -0.15) is 5.26 Å². The van der Waals surface area contributed by atoms with Crippen molar-refractivity contribution in [1.29, 1.82) is 5.26 Å². The van der Waals surface area contributed by atoms with Crippen molar-refractivity contribution < 1.29 is 9.66 Å². The Morgan fingerprint density at radius 3 is 3.00 bits per heavy atom. The number of nitriles is 1. The highest BCUT2D eigenvalue weighted by Gasteiger charge is 2.31. The van der Waals surface area contributed by atoms with Gasteiger partial charge in [-0.15, -0.1) is 0 Å². The first-order valence-corrected chi connectivity index (χ1v) is 6.06. The topological polar surface area (TPSA) is 101 Å². The normalized spacial score (nSPS) is 21.3. The standard InChI is InChI=1S/C12H14N4O3/c1-2-19-10-4-9(5-10)15-12-11(16(17)18)3-8(6-13)7-14-12/h3,7,9-10H,2,4-5H2,1H3,(H,14,15). The van der Waals surface area contributed by atoms with Gasteiger partial charge >= 0.3 is 5.69 Å². The van der Waals surface area contributed by atoms with Crippen LogP contribution in [0.4, 0.5) is 11.5 Å². The van der Waals surface area contributed by atoms with Crippen LogP contribution in [0, 0.1) is 21.4 Å². The van der Waals surface area contributed by atoms with Gasteiger partial charge in [0.15, 0.2) is 0 Å². The van der Waals surface area contributed by atoms with Crippen LogP contribution in [0.2, 0.25) is 0 Å². The number of pyridine rings is 1. The molecule has 0 saturated heterocycles. The minimum Gasteiger partial charge on any atom is -0.378 e. The Balaban J connectivity index is 2.05. The summed E-state index contributed by atoms with van der Waals surface area (Å²) in [6.07, 6.45) is 3.17. The molecule has 0 aromatic carbocycles. The monoisotopic (exact) mass is 262 g/mol. The third-order valence-electron chi connectivity index (χ3n) is 3.03. The van der Waals surface area contributed by atoms with E-state index in [2.05, 4.69) is 10.3 Å². The summed E-state index contributed by atoms with van der Waals surface area (Å²) in [5.74, 6) is 0.212. The van der Waals surface area contributed by atoms with Crippen molar-refractivity contribution in [2.24, 2.45) is 0 Å². The molecular weight excluding hydrogens is 248 g/mol. The lowest BCUT2D eigenvalue weighted by atomic mass is 9.89. The predicted octanol–water partition coefficient (Wildman–Crippen LogP) is 1.84. The summed E-state index contributed by atoms with van der Waals surface area (Å²) in [5, 5.41) is 22.7. The molecule has 1 aliphatic rings. The zero-order valence-corrected chi connectivity index (χ0v) is 10.5. The molecule has 1 N–H and O–H groups in total. The van der Waals surface area contributed by atoms with Gasteiger partial charge in [-0.05, 0) is 19.8 Å². The second kappa shape index (κ2) is 5.63. The van der Waals surface area contributed by atoms with Crippen LogP contribution < -0.4 is 5.32 Å². The van der Waals surface area contributed by atoms with E-state index in [-0.39, 0.29) is 29.2 Å². The van der Waals surface area contributed by atoms with Crippen LogP contribution in [0.25, 0.3) is 0 Å². The van der Waals surface area contributed by atoms with Gasteiger partial charge in [-0.3, -0.25) is 10.1 Å². The van der Waals surface area contributed by atoms with E-state index in [0.29, 0.717) is 6.61 Å². The number of aromatic nitrogens is 1. The average molecular weight is 262 g/mol. The molecule has 0 radical (unpaired) electrons. The van der Waals surface area contributed by atoms with Gasteiger partial charge in [0.25, 0.3) is 0 Å². The van der Waals surface area contributed by atoms with Crippen LogP contribution in [0.15, 0.2) is 12.3 Å². The maximum absolute atomic E-state index is 10.9. The molecule has 1 fully saturated rings. The van der Waals surface area contributed by atoms with E-state index < -0.39 is 4.92 Å². The number of rotatable bonds is 5. The molecule has 1 saturated carbocycles. The van der Waals surface area contributed by atoms with Gasteiger partial charge in [0.2, 0.25) is 5.82 Å². The van der Waals surface area contributed by atoms with Crippen LogP contribution >= 0.6 is 0 Å². The third kappa shape index (κ3) is 2.98. The fraction of sp³-hybridized carbons (Fsp3) is 0.500. The fourth-order valence-corrected chi connectivity index (χ4v) is 2.01. The van der Waals surface area contributed by atoms with E-state index in [1.807, 2.05) is 13.0 Å². The fourth-order valence-electron chi connectivity index (χ4n) is 2.01. The summed E-state index contributed by atoms with van der Waals surface area (Å²) in [6.45, 7) is 2.61. The highest BCUT2D eigenvalue weighted by molar-refractivity contribution is 5.58. The summed E-state index contributed by atoms with van der Waals surface area (Å²) in [6, 6.07) is 3.20. The second-order valence-corrected chi connectivity index (χ2v) is 4.35. The summed E-state index contributed by atoms with van der Waals surface area (Å²) < 4.78 is 5.42. The van der Waals surface area contributed by atoms with Crippen LogP contribution in [0.3, 0.4) is 0 Å². The first kappa shape index (κ1) is 13.2. The van der Waals surface area contributed by atoms with Crippen LogP contribution in [0.5, 0.6) is 0 Å². The molecule has 0 unspecified atom stereocenters. The maximum Gasteiger partial charge on any atom is 0.312 e. The van der Waals surface area contributed by atoms with Crippen molar-refractivity contribution in [2.45, 2.75) is 31.9 Å². The van der Waals surface area contributed by atoms with Crippen molar-refractivity contribution >= 4 is 11.5 Å². The summed E-state index contributed by atoms with van der Waals surface area (Å²) in [7, 11) is 0. The number of nitrogens with one attached hydrogen (secondary N) is 1. The number of hydrogen-bond donors (Lipinski definition) is 1. The lowest BCUT2D eigenvalue weighted by Crippen LogP contribution is -2.41. The molecule has 100 valence electrons. The third-order valence-corrected chi connectivity index (χ3v) is 3.03. The highest BCUT2D eigenvalue weighted by atomic mass is 16.6. The zero-order chi connectivity index (χ0) is 13.8. The van der Waals surface area contributed by atoms with Gasteiger partial charge in [0.1, 0.15) is 6.07 Å². The molecule has 1 heterocycles. The summed E-state index contributed by atoms with van der Waals surface area (Å²) in [5.41, 5.74) is 0.0111. The molecule has 0 amide bonds. The van der Waals surface area contributed by atoms with Gasteiger partial charge in [-0.1, -0.05) is 0 Å². The van der Waals surface area contributed by atoms with Crippen molar-refractivity contribution in [1.82, 2.24) is 4.98 Å². The Labute approximate surface area is 110 Å². The van der Waals surface area contributed by atoms with E-state index in [4.69, 9.17) is 10.00 Å². The lowest BCUT2D eigenvalue weighted by Gasteiger charge is -2.35. The number of nitrogens with zero attached hydrogens (tertiary/aromatic N) is 3. The number of nitro groups is 1. The Morgan fingerprint density at radius 1 is 1.68 bits per heavy atom. The molecule has 0 spiro atoms. The van der Waals surface area contributed by atoms with Crippen LogP contribution in [-0.2, 0) is 4.74 Å². The van der Waals surface area contributed by atoms with Gasteiger partial charge in [-0.25, -0.2) is 4.98 Å². The molecule has 0 bridgehead atoms. The lowest BCUT2D eigenvalue weighted by molar-refractivity contribution is -0.384. The molecule has 2 rings (SSSR count). The molecule has 7 nitrogen and oxygen atoms in total. The largest absolute Gasteiger partial charge is 0.378 e. The highest BCUT2D eigenvalue weighted by Crippen LogP contribution is 2.30. The molecule has 0 aliphatic heterocycles. The minimum absolute atomic E-state index is 0.135. The Kier molecular flexibility index (Phi) is 3.92. The van der Waals surface area contributed by atoms with Crippen LogP contribution in [-0.4, -0.2) is 28.7 Å². The van der Waals surface area contributed by atoms with E-state index in [1.165, 1.54) is 12.3 Å². The summed E-state index contributed by atoms with van der Waals surface area (Å²) >= 11 is 0. The van der Waals surface area contributed by atoms with Crippen LogP contribution in [0.1, 0.15) is 25.3 Å². The minimum atomic E-state index is -0.533. The van der Waals surface area contributed by atoms with E-state index >= 15 is 0 Å². The number of anilines is 1. The molecular formula is C12H14N4O3. The SMILES string of the molecule is CCOC1CC(Nc2ncc(C#N)cc2[N+](=O)[O-])C1. The second-order valence-electron chi connectivity index (χ2n) is 4.35. The maximum atomic E-state index is 10.9. The van der Waals surface area contributed by atoms with Crippen molar-refractivity contribution in [3.63, 3.8) is 0 Å². The molecule has 1 aromatic heterocycles. The van der Waals surface area contributed by atoms with Crippen molar-refractivity contribution in [2.75, 3.05) is 11.9 Å². The first-order valence-electron chi connectivity index (χ1n) is 6.06. The molecule has 0 atom stereocenters. The Hall–Kier alpha value is -2.20. The number of ether oxygens (including phenoxy) is 1. The predicted molar refractivity (Wildman–Crippen MR) is 67.7 cm³/mol. The quantitative estimate of drug-likeness (QED) is 0.641. The van der Waals surface area contributed by atoms with Crippen molar-refractivity contribution in [3.05, 3.63) is 27.9 Å². The molecule has 7 heteroatoms. The first-order chi connectivity index (χ1) is 9.13. The van der Waals surface area contributed by atoms with E-state index in [1.54, 1.807) is 0 Å². The Morgan fingerprint density at radius 2 is 2.42 bits per heavy atom. The van der Waals surface area contributed by atoms with Gasteiger partial charge in [0.05, 0.1) is 16.6 Å². The van der Waals surface area contributed by atoms with Crippen molar-refractivity contribution in [3.8, 4) is 6.07 Å². The smallest absolute Gasteiger partial charge is 0.312 e. The molecule has 1 aromatic rings. The van der Waals surface area contributed by atoms with Gasteiger partial charge < -0.3 is 10.1 Å². The Bertz CT molecular complexity index is 520. The zero-order valence-electron chi connectivity index (χ0n) is 10.5. The van der Waals surface area contributed by atoms with E-state index in [0.717, 1.165) is 12.8 Å². The average Bonchev–Trinajstić information content (AvgIpc) is 2.36.